The number of halogens is 2. The van der Waals surface area contributed by atoms with Crippen LogP contribution in [0.2, 0.25) is 0 Å². The Labute approximate surface area is 174 Å². The maximum atomic E-state index is 14.0. The van der Waals surface area contributed by atoms with E-state index >= 15 is 0 Å². The predicted octanol–water partition coefficient (Wildman–Crippen LogP) is 1.02. The van der Waals surface area contributed by atoms with E-state index in [1.165, 1.54) is 6.33 Å². The Morgan fingerprint density at radius 1 is 0.833 bits per heavy atom. The molecule has 2 aliphatic heterocycles. The van der Waals surface area contributed by atoms with Crippen LogP contribution in [0.25, 0.3) is 0 Å². The maximum absolute atomic E-state index is 14.0. The van der Waals surface area contributed by atoms with Gasteiger partial charge in [-0.3, -0.25) is 0 Å². The van der Waals surface area contributed by atoms with Crippen molar-refractivity contribution in [3.05, 3.63) is 42.2 Å². The Morgan fingerprint density at radius 3 is 1.87 bits per heavy atom. The average Bonchev–Trinajstić information content (AvgIpc) is 2.74. The normalized spacial score (nSPS) is 19.3. The first-order valence-electron chi connectivity index (χ1n) is 9.81. The minimum absolute atomic E-state index is 0.115. The lowest BCUT2D eigenvalue weighted by molar-refractivity contribution is 0.312. The van der Waals surface area contributed by atoms with Gasteiger partial charge in [-0.05, 0) is 19.2 Å². The standard InChI is InChI=1S/C19H24F2N6O2S/c1-24-5-7-25(8-6-24)17-13-18(23-14-22-17)26-9-11-27(12-10-26)30(28,29)19-15(20)3-2-4-16(19)21/h2-4,13-14H,5-12H2,1H3. The first-order valence-corrected chi connectivity index (χ1v) is 11.2. The fourth-order valence-electron chi connectivity index (χ4n) is 3.73. The van der Waals surface area contributed by atoms with Gasteiger partial charge in [-0.2, -0.15) is 4.31 Å². The number of likely N-dealkylation sites (N-methyl/N-ethyl adjacent to an activating group) is 1. The molecule has 0 amide bonds. The molecule has 0 bridgehead atoms. The molecule has 0 spiro atoms. The molecule has 2 aliphatic rings. The molecule has 3 heterocycles. The first kappa shape index (κ1) is 20.9. The van der Waals surface area contributed by atoms with Gasteiger partial charge < -0.3 is 14.7 Å². The number of rotatable bonds is 4. The molecule has 4 rings (SSSR count). The largest absolute Gasteiger partial charge is 0.354 e. The van der Waals surface area contributed by atoms with Crippen molar-refractivity contribution in [2.24, 2.45) is 0 Å². The first-order chi connectivity index (χ1) is 14.4. The number of aromatic nitrogens is 2. The molecular weight excluding hydrogens is 414 g/mol. The topological polar surface area (TPSA) is 72.9 Å². The van der Waals surface area contributed by atoms with Gasteiger partial charge in [0.15, 0.2) is 4.90 Å². The van der Waals surface area contributed by atoms with Gasteiger partial charge in [0.1, 0.15) is 29.6 Å². The van der Waals surface area contributed by atoms with Gasteiger partial charge in [-0.25, -0.2) is 27.2 Å². The maximum Gasteiger partial charge on any atom is 0.249 e. The van der Waals surface area contributed by atoms with Crippen molar-refractivity contribution in [1.82, 2.24) is 19.2 Å². The van der Waals surface area contributed by atoms with Gasteiger partial charge in [0.05, 0.1) is 0 Å². The molecule has 1 aromatic carbocycles. The van der Waals surface area contributed by atoms with Crippen LogP contribution in [0, 0.1) is 11.6 Å². The highest BCUT2D eigenvalue weighted by molar-refractivity contribution is 7.89. The summed E-state index contributed by atoms with van der Waals surface area (Å²) in [5, 5.41) is 0. The summed E-state index contributed by atoms with van der Waals surface area (Å²) in [6.07, 6.45) is 1.51. The van der Waals surface area contributed by atoms with E-state index in [-0.39, 0.29) is 13.1 Å². The number of piperazine rings is 2. The van der Waals surface area contributed by atoms with Crippen LogP contribution in [0.3, 0.4) is 0 Å². The van der Waals surface area contributed by atoms with Crippen molar-refractivity contribution in [2.45, 2.75) is 4.90 Å². The molecule has 2 fully saturated rings. The van der Waals surface area contributed by atoms with Gasteiger partial charge in [0.25, 0.3) is 0 Å². The Kier molecular flexibility index (Phi) is 5.85. The van der Waals surface area contributed by atoms with Gasteiger partial charge in [0, 0.05) is 58.4 Å². The summed E-state index contributed by atoms with van der Waals surface area (Å²) in [5.41, 5.74) is 0. The van der Waals surface area contributed by atoms with Crippen LogP contribution in [0.15, 0.2) is 35.5 Å². The van der Waals surface area contributed by atoms with E-state index in [9.17, 15) is 17.2 Å². The number of nitrogens with zero attached hydrogens (tertiary/aromatic N) is 6. The second-order valence-corrected chi connectivity index (χ2v) is 9.34. The third kappa shape index (κ3) is 4.09. The van der Waals surface area contributed by atoms with Gasteiger partial charge in [-0.15, -0.1) is 0 Å². The average molecular weight is 439 g/mol. The van der Waals surface area contributed by atoms with Gasteiger partial charge in [0.2, 0.25) is 10.0 Å². The number of anilines is 2. The molecule has 0 atom stereocenters. The monoisotopic (exact) mass is 438 g/mol. The summed E-state index contributed by atoms with van der Waals surface area (Å²) in [5.74, 6) is -0.597. The zero-order valence-corrected chi connectivity index (χ0v) is 17.5. The summed E-state index contributed by atoms with van der Waals surface area (Å²) in [6.45, 7) is 4.65. The van der Waals surface area contributed by atoms with Crippen molar-refractivity contribution in [1.29, 1.82) is 0 Å². The zero-order chi connectivity index (χ0) is 21.3. The minimum atomic E-state index is -4.25. The Bertz CT molecular complexity index is 986. The fourth-order valence-corrected chi connectivity index (χ4v) is 5.27. The van der Waals surface area contributed by atoms with Crippen molar-refractivity contribution < 1.29 is 17.2 Å². The van der Waals surface area contributed by atoms with Crippen LogP contribution in [0.4, 0.5) is 20.4 Å². The quantitative estimate of drug-likeness (QED) is 0.706. The fraction of sp³-hybridized carbons (Fsp3) is 0.474. The highest BCUT2D eigenvalue weighted by atomic mass is 32.2. The van der Waals surface area contributed by atoms with E-state index in [1.807, 2.05) is 11.0 Å². The number of sulfonamides is 1. The lowest BCUT2D eigenvalue weighted by Gasteiger charge is -2.36. The zero-order valence-electron chi connectivity index (χ0n) is 16.7. The Morgan fingerprint density at radius 2 is 1.33 bits per heavy atom. The second-order valence-electron chi connectivity index (χ2n) is 7.47. The van der Waals surface area contributed by atoms with E-state index in [0.29, 0.717) is 18.9 Å². The molecule has 11 heteroatoms. The summed E-state index contributed by atoms with van der Waals surface area (Å²) >= 11 is 0. The third-order valence-corrected chi connectivity index (χ3v) is 7.50. The number of hydrogen-bond acceptors (Lipinski definition) is 7. The van der Waals surface area contributed by atoms with Crippen LogP contribution < -0.4 is 9.80 Å². The Hall–Kier alpha value is -2.37. The van der Waals surface area contributed by atoms with Gasteiger partial charge >= 0.3 is 0 Å². The molecule has 0 saturated carbocycles. The highest BCUT2D eigenvalue weighted by Crippen LogP contribution is 2.25. The molecule has 2 saturated heterocycles. The van der Waals surface area contributed by atoms with Crippen molar-refractivity contribution in [3.8, 4) is 0 Å². The van der Waals surface area contributed by atoms with Crippen molar-refractivity contribution in [3.63, 3.8) is 0 Å². The molecule has 8 nitrogen and oxygen atoms in total. The van der Waals surface area contributed by atoms with Crippen LogP contribution in [0.5, 0.6) is 0 Å². The summed E-state index contributed by atoms with van der Waals surface area (Å²) in [4.78, 5) is 14.2. The molecular formula is C19H24F2N6O2S. The van der Waals surface area contributed by atoms with E-state index in [1.54, 1.807) is 0 Å². The highest BCUT2D eigenvalue weighted by Gasteiger charge is 2.33. The molecule has 30 heavy (non-hydrogen) atoms. The Balaban J connectivity index is 1.45. The van der Waals surface area contributed by atoms with E-state index in [4.69, 9.17) is 0 Å². The van der Waals surface area contributed by atoms with Crippen molar-refractivity contribution in [2.75, 3.05) is 69.2 Å². The summed E-state index contributed by atoms with van der Waals surface area (Å²) in [6, 6.07) is 4.96. The van der Waals surface area contributed by atoms with E-state index in [2.05, 4.69) is 26.8 Å². The molecule has 1 aromatic heterocycles. The summed E-state index contributed by atoms with van der Waals surface area (Å²) < 4.78 is 54.6. The lowest BCUT2D eigenvalue weighted by Crippen LogP contribution is -2.49. The smallest absolute Gasteiger partial charge is 0.249 e. The molecule has 0 unspecified atom stereocenters. The van der Waals surface area contributed by atoms with Gasteiger partial charge in [-0.1, -0.05) is 6.07 Å². The number of benzene rings is 1. The predicted molar refractivity (Wildman–Crippen MR) is 109 cm³/mol. The summed E-state index contributed by atoms with van der Waals surface area (Å²) in [7, 11) is -2.16. The van der Waals surface area contributed by atoms with Crippen LogP contribution in [-0.2, 0) is 10.0 Å². The molecule has 2 aromatic rings. The number of hydrogen-bond donors (Lipinski definition) is 0. The van der Waals surface area contributed by atoms with E-state index in [0.717, 1.165) is 54.5 Å². The van der Waals surface area contributed by atoms with Crippen LogP contribution in [0.1, 0.15) is 0 Å². The molecule has 162 valence electrons. The van der Waals surface area contributed by atoms with Crippen molar-refractivity contribution >= 4 is 21.7 Å². The second kappa shape index (κ2) is 8.40. The minimum Gasteiger partial charge on any atom is -0.354 e. The lowest BCUT2D eigenvalue weighted by atomic mass is 10.3. The van der Waals surface area contributed by atoms with E-state index < -0.39 is 26.6 Å². The third-order valence-electron chi connectivity index (χ3n) is 5.54. The van der Waals surface area contributed by atoms with Crippen LogP contribution in [-0.4, -0.2) is 87.0 Å². The molecule has 0 radical (unpaired) electrons. The molecule has 0 aliphatic carbocycles. The van der Waals surface area contributed by atoms with Crippen LogP contribution >= 0.6 is 0 Å². The SMILES string of the molecule is CN1CCN(c2cc(N3CCN(S(=O)(=O)c4c(F)cccc4F)CC3)ncn2)CC1. The molecule has 0 N–H and O–H groups in total.